The Morgan fingerprint density at radius 3 is 2.21 bits per heavy atom. The number of rotatable bonds is 6. The van der Waals surface area contributed by atoms with Crippen LogP contribution in [0.5, 0.6) is 0 Å². The van der Waals surface area contributed by atoms with Crippen LogP contribution in [0, 0.1) is 5.82 Å². The van der Waals surface area contributed by atoms with Gasteiger partial charge in [0, 0.05) is 44.4 Å². The molecular formula is C31H30FN3O4. The molecule has 1 aliphatic heterocycles. The number of amides is 1. The van der Waals surface area contributed by atoms with E-state index in [1.165, 1.54) is 22.8 Å². The summed E-state index contributed by atoms with van der Waals surface area (Å²) >= 11 is 0. The molecular weight excluding hydrogens is 497 g/mol. The number of fused-ring (bicyclic) bond motifs is 1. The van der Waals surface area contributed by atoms with Crippen molar-refractivity contribution >= 4 is 22.6 Å². The minimum atomic E-state index is -1.15. The molecule has 200 valence electrons. The average Bonchev–Trinajstić information content (AvgIpc) is 2.93. The molecule has 7 nitrogen and oxygen atoms in total. The lowest BCUT2D eigenvalue weighted by atomic mass is 9.79. The molecule has 8 heteroatoms. The maximum atomic E-state index is 14.3. The number of pyridine rings is 1. The summed E-state index contributed by atoms with van der Waals surface area (Å²) in [6, 6.07) is 22.2. The van der Waals surface area contributed by atoms with Crippen molar-refractivity contribution in [2.45, 2.75) is 31.8 Å². The molecule has 0 atom stereocenters. The van der Waals surface area contributed by atoms with Crippen molar-refractivity contribution in [3.8, 4) is 5.69 Å². The number of carboxylic acids is 1. The van der Waals surface area contributed by atoms with Crippen LogP contribution in [0.3, 0.4) is 0 Å². The number of carbonyl (C=O) groups is 2. The first kappa shape index (κ1) is 26.3. The van der Waals surface area contributed by atoms with Crippen molar-refractivity contribution < 1.29 is 19.1 Å². The third-order valence-electron chi connectivity index (χ3n) is 7.95. The Balaban J connectivity index is 1.59. The molecule has 2 heterocycles. The summed E-state index contributed by atoms with van der Waals surface area (Å²) in [5, 5.41) is 10.9. The molecule has 0 aliphatic carbocycles. The predicted molar refractivity (Wildman–Crippen MR) is 148 cm³/mol. The fraction of sp³-hybridized carbons (Fsp3) is 0.258. The van der Waals surface area contributed by atoms with Crippen molar-refractivity contribution in [2.75, 3.05) is 20.1 Å². The van der Waals surface area contributed by atoms with Gasteiger partial charge in [-0.2, -0.15) is 0 Å². The first-order valence-electron chi connectivity index (χ1n) is 12.9. The third kappa shape index (κ3) is 4.72. The number of carbonyl (C=O) groups excluding carboxylic acids is 1. The number of aromatic nitrogens is 1. The standard InChI is InChI=1S/C31H30FN3O4/c1-21(36)33(2)31(22-9-4-3-5-10-22)15-17-34(18-16-31)20-27-28(30(38)39)25-13-6-7-14-26(25)29(37)35(27)24-12-8-11-23(32)19-24/h3-14,19H,15-18,20H2,1-2H3,(H,38,39). The van der Waals surface area contributed by atoms with Gasteiger partial charge in [-0.1, -0.05) is 54.6 Å². The minimum Gasteiger partial charge on any atom is -0.478 e. The van der Waals surface area contributed by atoms with Crippen LogP contribution < -0.4 is 5.56 Å². The van der Waals surface area contributed by atoms with E-state index in [1.807, 2.05) is 37.4 Å². The number of likely N-dealkylation sites (tertiary alicyclic amines) is 1. The molecule has 0 radical (unpaired) electrons. The zero-order valence-electron chi connectivity index (χ0n) is 21.9. The number of aromatic carboxylic acids is 1. The van der Waals surface area contributed by atoms with Gasteiger partial charge in [0.25, 0.3) is 5.56 Å². The van der Waals surface area contributed by atoms with E-state index in [-0.39, 0.29) is 29.1 Å². The summed E-state index contributed by atoms with van der Waals surface area (Å²) in [5.74, 6) is -1.71. The molecule has 1 fully saturated rings. The highest BCUT2D eigenvalue weighted by molar-refractivity contribution is 6.04. The Morgan fingerprint density at radius 2 is 1.59 bits per heavy atom. The number of piperidine rings is 1. The number of hydrogen-bond donors (Lipinski definition) is 1. The lowest BCUT2D eigenvalue weighted by molar-refractivity contribution is -0.136. The normalized spacial score (nSPS) is 15.3. The SMILES string of the molecule is CC(=O)N(C)C1(c2ccccc2)CCN(Cc2c(C(=O)O)c3ccccc3c(=O)n2-c2cccc(F)c2)CC1. The second kappa shape index (κ2) is 10.5. The van der Waals surface area contributed by atoms with Crippen molar-refractivity contribution in [2.24, 2.45) is 0 Å². The highest BCUT2D eigenvalue weighted by Gasteiger charge is 2.41. The first-order chi connectivity index (χ1) is 18.7. The molecule has 5 rings (SSSR count). The van der Waals surface area contributed by atoms with Crippen LogP contribution in [0.2, 0.25) is 0 Å². The Labute approximate surface area is 225 Å². The van der Waals surface area contributed by atoms with Crippen LogP contribution in [-0.4, -0.2) is 51.5 Å². The van der Waals surface area contributed by atoms with Crippen molar-refractivity contribution in [1.82, 2.24) is 14.4 Å². The Hall–Kier alpha value is -4.30. The van der Waals surface area contributed by atoms with Crippen LogP contribution in [0.4, 0.5) is 4.39 Å². The second-order valence-corrected chi connectivity index (χ2v) is 10.0. The molecule has 0 spiro atoms. The maximum absolute atomic E-state index is 14.3. The van der Waals surface area contributed by atoms with E-state index in [0.29, 0.717) is 37.0 Å². The van der Waals surface area contributed by atoms with Gasteiger partial charge in [0.1, 0.15) is 5.82 Å². The lowest BCUT2D eigenvalue weighted by Gasteiger charge is -2.47. The van der Waals surface area contributed by atoms with E-state index in [2.05, 4.69) is 4.90 Å². The van der Waals surface area contributed by atoms with Crippen LogP contribution in [0.15, 0.2) is 83.7 Å². The Kier molecular flexibility index (Phi) is 7.06. The number of nitrogens with zero attached hydrogens (tertiary/aromatic N) is 3. The summed E-state index contributed by atoms with van der Waals surface area (Å²) < 4.78 is 15.6. The van der Waals surface area contributed by atoms with Gasteiger partial charge in [-0.25, -0.2) is 9.18 Å². The minimum absolute atomic E-state index is 0.0233. The molecule has 0 saturated carbocycles. The molecule has 0 unspecified atom stereocenters. The number of benzene rings is 3. The molecule has 4 aromatic rings. The summed E-state index contributed by atoms with van der Waals surface area (Å²) in [6.07, 6.45) is 1.26. The molecule has 1 amide bonds. The average molecular weight is 528 g/mol. The highest BCUT2D eigenvalue weighted by Crippen LogP contribution is 2.39. The molecule has 3 aromatic carbocycles. The summed E-state index contributed by atoms with van der Waals surface area (Å²) in [6.45, 7) is 2.86. The van der Waals surface area contributed by atoms with Gasteiger partial charge < -0.3 is 10.0 Å². The van der Waals surface area contributed by atoms with Gasteiger partial charge in [0.2, 0.25) is 5.91 Å². The lowest BCUT2D eigenvalue weighted by Crippen LogP contribution is -2.53. The Bertz CT molecular complexity index is 1610. The van der Waals surface area contributed by atoms with Crippen molar-refractivity contribution in [3.05, 3.63) is 112 Å². The third-order valence-corrected chi connectivity index (χ3v) is 7.95. The monoisotopic (exact) mass is 527 g/mol. The van der Waals surface area contributed by atoms with Crippen LogP contribution in [0.25, 0.3) is 16.5 Å². The van der Waals surface area contributed by atoms with E-state index >= 15 is 0 Å². The number of carboxylic acid groups (broad SMARTS) is 1. The summed E-state index contributed by atoms with van der Waals surface area (Å²) in [4.78, 5) is 42.7. The van der Waals surface area contributed by atoms with Gasteiger partial charge in [-0.05, 0) is 42.7 Å². The van der Waals surface area contributed by atoms with Crippen molar-refractivity contribution in [1.29, 1.82) is 0 Å². The maximum Gasteiger partial charge on any atom is 0.338 e. The second-order valence-electron chi connectivity index (χ2n) is 10.0. The molecule has 1 N–H and O–H groups in total. The summed E-state index contributed by atoms with van der Waals surface area (Å²) in [7, 11) is 1.82. The summed E-state index contributed by atoms with van der Waals surface area (Å²) in [5.41, 5.74) is 0.749. The van der Waals surface area contributed by atoms with Gasteiger partial charge in [0.05, 0.1) is 22.5 Å². The van der Waals surface area contributed by atoms with E-state index in [4.69, 9.17) is 0 Å². The number of hydrogen-bond acceptors (Lipinski definition) is 4. The quantitative estimate of drug-likeness (QED) is 0.390. The number of halogens is 1. The van der Waals surface area contributed by atoms with Gasteiger partial charge >= 0.3 is 5.97 Å². The van der Waals surface area contributed by atoms with Crippen LogP contribution in [-0.2, 0) is 16.9 Å². The zero-order chi connectivity index (χ0) is 27.7. The van der Waals surface area contributed by atoms with Crippen LogP contribution in [0.1, 0.15) is 41.4 Å². The molecule has 0 bridgehead atoms. The zero-order valence-corrected chi connectivity index (χ0v) is 21.9. The van der Waals surface area contributed by atoms with E-state index < -0.39 is 22.9 Å². The first-order valence-corrected chi connectivity index (χ1v) is 12.9. The van der Waals surface area contributed by atoms with Gasteiger partial charge in [-0.3, -0.25) is 19.1 Å². The Morgan fingerprint density at radius 1 is 0.949 bits per heavy atom. The topological polar surface area (TPSA) is 82.9 Å². The van der Waals surface area contributed by atoms with Gasteiger partial charge in [-0.15, -0.1) is 0 Å². The molecule has 1 aliphatic rings. The van der Waals surface area contributed by atoms with E-state index in [1.54, 1.807) is 42.2 Å². The van der Waals surface area contributed by atoms with Gasteiger partial charge in [0.15, 0.2) is 0 Å². The largest absolute Gasteiger partial charge is 0.478 e. The smallest absolute Gasteiger partial charge is 0.338 e. The highest BCUT2D eigenvalue weighted by atomic mass is 19.1. The van der Waals surface area contributed by atoms with E-state index in [9.17, 15) is 23.9 Å². The fourth-order valence-corrected chi connectivity index (χ4v) is 5.83. The molecule has 1 aromatic heterocycles. The van der Waals surface area contributed by atoms with Crippen molar-refractivity contribution in [3.63, 3.8) is 0 Å². The van der Waals surface area contributed by atoms with E-state index in [0.717, 1.165) is 5.56 Å². The molecule has 39 heavy (non-hydrogen) atoms. The predicted octanol–water partition coefficient (Wildman–Crippen LogP) is 4.80. The van der Waals surface area contributed by atoms with Crippen LogP contribution >= 0.6 is 0 Å². The molecule has 1 saturated heterocycles. The fourth-order valence-electron chi connectivity index (χ4n) is 5.83.